The molecule has 0 bridgehead atoms. The summed E-state index contributed by atoms with van der Waals surface area (Å²) in [5, 5.41) is 0.681. The van der Waals surface area contributed by atoms with Crippen LogP contribution in [0.25, 0.3) is 0 Å². The second-order valence-electron chi connectivity index (χ2n) is 4.98. The molecule has 1 amide bonds. The van der Waals surface area contributed by atoms with Gasteiger partial charge in [0.2, 0.25) is 0 Å². The van der Waals surface area contributed by atoms with Gasteiger partial charge in [-0.25, -0.2) is 0 Å². The summed E-state index contributed by atoms with van der Waals surface area (Å²) in [7, 11) is 1.91. The van der Waals surface area contributed by atoms with Crippen LogP contribution in [0, 0.1) is 0 Å². The molecule has 5 heteroatoms. The molecule has 21 heavy (non-hydrogen) atoms. The molecule has 1 atom stereocenters. The van der Waals surface area contributed by atoms with Gasteiger partial charge in [-0.1, -0.05) is 23.7 Å². The van der Waals surface area contributed by atoms with Crippen molar-refractivity contribution in [3.63, 3.8) is 0 Å². The molecule has 0 aliphatic carbocycles. The monoisotopic (exact) mass is 303 g/mol. The molecule has 0 aromatic heterocycles. The molecule has 0 saturated carbocycles. The fourth-order valence-corrected chi connectivity index (χ4v) is 2.46. The molecule has 0 aliphatic rings. The lowest BCUT2D eigenvalue weighted by molar-refractivity contribution is 0.100. The third-order valence-corrected chi connectivity index (χ3v) is 3.81. The lowest BCUT2D eigenvalue weighted by atomic mass is 10.0. The Labute approximate surface area is 129 Å². The predicted octanol–water partition coefficient (Wildman–Crippen LogP) is 3.22. The van der Waals surface area contributed by atoms with Crippen LogP contribution in [0.2, 0.25) is 5.02 Å². The molecular formula is C16H18ClN3O. The van der Waals surface area contributed by atoms with E-state index in [1.54, 1.807) is 18.2 Å². The highest BCUT2D eigenvalue weighted by atomic mass is 35.5. The van der Waals surface area contributed by atoms with Gasteiger partial charge in [-0.15, -0.1) is 0 Å². The van der Waals surface area contributed by atoms with E-state index in [-0.39, 0.29) is 6.04 Å². The van der Waals surface area contributed by atoms with Crippen LogP contribution >= 0.6 is 11.6 Å². The molecule has 1 unspecified atom stereocenters. The van der Waals surface area contributed by atoms with E-state index in [9.17, 15) is 4.79 Å². The van der Waals surface area contributed by atoms with Crippen LogP contribution in [0.5, 0.6) is 0 Å². The number of rotatable bonds is 4. The average molecular weight is 304 g/mol. The molecule has 2 aromatic carbocycles. The first-order valence-electron chi connectivity index (χ1n) is 6.57. The van der Waals surface area contributed by atoms with Crippen molar-refractivity contribution >= 4 is 28.9 Å². The second kappa shape index (κ2) is 6.06. The second-order valence-corrected chi connectivity index (χ2v) is 5.42. The maximum Gasteiger partial charge on any atom is 0.250 e. The molecule has 2 aromatic rings. The first-order chi connectivity index (χ1) is 9.90. The number of nitrogens with zero attached hydrogens (tertiary/aromatic N) is 1. The van der Waals surface area contributed by atoms with Gasteiger partial charge in [0.1, 0.15) is 0 Å². The molecule has 0 aliphatic heterocycles. The number of nitrogens with two attached hydrogens (primary N) is 2. The summed E-state index contributed by atoms with van der Waals surface area (Å²) in [6.45, 7) is 2.03. The van der Waals surface area contributed by atoms with E-state index in [4.69, 9.17) is 23.1 Å². The van der Waals surface area contributed by atoms with Crippen LogP contribution in [-0.4, -0.2) is 13.0 Å². The van der Waals surface area contributed by atoms with E-state index >= 15 is 0 Å². The van der Waals surface area contributed by atoms with Crippen molar-refractivity contribution in [3.05, 3.63) is 58.6 Å². The fourth-order valence-electron chi connectivity index (χ4n) is 2.26. The average Bonchev–Trinajstić information content (AvgIpc) is 2.45. The number of anilines is 2. The first-order valence-corrected chi connectivity index (χ1v) is 6.95. The van der Waals surface area contributed by atoms with Crippen LogP contribution < -0.4 is 16.4 Å². The molecule has 4 nitrogen and oxygen atoms in total. The van der Waals surface area contributed by atoms with Gasteiger partial charge in [-0.2, -0.15) is 0 Å². The van der Waals surface area contributed by atoms with Gasteiger partial charge >= 0.3 is 0 Å². The Morgan fingerprint density at radius 2 is 1.95 bits per heavy atom. The zero-order valence-corrected chi connectivity index (χ0v) is 12.8. The minimum Gasteiger partial charge on any atom is -0.399 e. The summed E-state index contributed by atoms with van der Waals surface area (Å²) in [4.78, 5) is 13.6. The highest BCUT2D eigenvalue weighted by molar-refractivity contribution is 6.30. The normalized spacial score (nSPS) is 12.0. The van der Waals surface area contributed by atoms with Crippen LogP contribution in [0.3, 0.4) is 0 Å². The van der Waals surface area contributed by atoms with Crippen molar-refractivity contribution in [2.24, 2.45) is 5.73 Å². The number of hydrogen-bond donors (Lipinski definition) is 2. The maximum absolute atomic E-state index is 11.6. The number of carbonyl (C=O) groups is 1. The van der Waals surface area contributed by atoms with Crippen molar-refractivity contribution in [3.8, 4) is 0 Å². The third kappa shape index (κ3) is 3.28. The van der Waals surface area contributed by atoms with Crippen molar-refractivity contribution in [1.82, 2.24) is 0 Å². The molecule has 4 N–H and O–H groups in total. The molecular weight excluding hydrogens is 286 g/mol. The molecule has 0 heterocycles. The smallest absolute Gasteiger partial charge is 0.250 e. The molecule has 0 saturated heterocycles. The van der Waals surface area contributed by atoms with E-state index in [0.29, 0.717) is 16.3 Å². The quantitative estimate of drug-likeness (QED) is 0.852. The van der Waals surface area contributed by atoms with Crippen LogP contribution in [-0.2, 0) is 0 Å². The standard InChI is InChI=1S/C16H18ClN3O/c1-10(11-4-3-5-12(17)8-11)20(2)15-7-6-13(18)9-14(15)16(19)21/h3-10H,18H2,1-2H3,(H2,19,21). The maximum atomic E-state index is 11.6. The number of amides is 1. The molecule has 0 spiro atoms. The highest BCUT2D eigenvalue weighted by Gasteiger charge is 2.18. The zero-order valence-electron chi connectivity index (χ0n) is 12.0. The zero-order chi connectivity index (χ0) is 15.6. The number of hydrogen-bond acceptors (Lipinski definition) is 3. The summed E-state index contributed by atoms with van der Waals surface area (Å²) < 4.78 is 0. The topological polar surface area (TPSA) is 72.3 Å². The van der Waals surface area contributed by atoms with E-state index in [0.717, 1.165) is 11.3 Å². The molecule has 110 valence electrons. The predicted molar refractivity (Wildman–Crippen MR) is 87.6 cm³/mol. The van der Waals surface area contributed by atoms with Crippen molar-refractivity contribution in [2.45, 2.75) is 13.0 Å². The van der Waals surface area contributed by atoms with Crippen molar-refractivity contribution in [1.29, 1.82) is 0 Å². The minimum absolute atomic E-state index is 0.0328. The van der Waals surface area contributed by atoms with E-state index in [1.165, 1.54) is 0 Å². The van der Waals surface area contributed by atoms with E-state index in [2.05, 4.69) is 0 Å². The molecule has 0 fully saturated rings. The Kier molecular flexibility index (Phi) is 4.38. The summed E-state index contributed by atoms with van der Waals surface area (Å²) in [6.07, 6.45) is 0. The Balaban J connectivity index is 2.40. The first kappa shape index (κ1) is 15.2. The van der Waals surface area contributed by atoms with Crippen LogP contribution in [0.1, 0.15) is 28.9 Å². The SMILES string of the molecule is CC(c1cccc(Cl)c1)N(C)c1ccc(N)cc1C(N)=O. The van der Waals surface area contributed by atoms with Crippen LogP contribution in [0.4, 0.5) is 11.4 Å². The summed E-state index contributed by atoms with van der Waals surface area (Å²) in [6, 6.07) is 12.8. The Morgan fingerprint density at radius 1 is 1.24 bits per heavy atom. The number of primary amides is 1. The Bertz CT molecular complexity index is 672. The summed E-state index contributed by atoms with van der Waals surface area (Å²) in [5.74, 6) is -0.498. The van der Waals surface area contributed by atoms with Crippen molar-refractivity contribution < 1.29 is 4.79 Å². The number of benzene rings is 2. The van der Waals surface area contributed by atoms with Gasteiger partial charge in [-0.3, -0.25) is 4.79 Å². The number of halogens is 1. The largest absolute Gasteiger partial charge is 0.399 e. The Morgan fingerprint density at radius 3 is 2.57 bits per heavy atom. The van der Waals surface area contributed by atoms with Crippen LogP contribution in [0.15, 0.2) is 42.5 Å². The summed E-state index contributed by atoms with van der Waals surface area (Å²) in [5.41, 5.74) is 13.9. The molecule has 2 rings (SSSR count). The summed E-state index contributed by atoms with van der Waals surface area (Å²) >= 11 is 6.03. The van der Waals surface area contributed by atoms with Gasteiger partial charge in [0.15, 0.2) is 0 Å². The number of carbonyl (C=O) groups excluding carboxylic acids is 1. The van der Waals surface area contributed by atoms with E-state index < -0.39 is 5.91 Å². The van der Waals surface area contributed by atoms with Gasteiger partial charge < -0.3 is 16.4 Å². The van der Waals surface area contributed by atoms with Crippen molar-refractivity contribution in [2.75, 3.05) is 17.7 Å². The van der Waals surface area contributed by atoms with Gasteiger partial charge in [0, 0.05) is 23.4 Å². The lowest BCUT2D eigenvalue weighted by Crippen LogP contribution is -2.25. The minimum atomic E-state index is -0.498. The number of nitrogen functional groups attached to an aromatic ring is 1. The fraction of sp³-hybridized carbons (Fsp3) is 0.188. The lowest BCUT2D eigenvalue weighted by Gasteiger charge is -2.29. The van der Waals surface area contributed by atoms with E-state index in [1.807, 2.05) is 43.1 Å². The van der Waals surface area contributed by atoms with Gasteiger partial charge in [0.25, 0.3) is 5.91 Å². The Hall–Kier alpha value is -2.20. The molecule has 0 radical (unpaired) electrons. The highest BCUT2D eigenvalue weighted by Crippen LogP contribution is 2.30. The van der Waals surface area contributed by atoms with Gasteiger partial charge in [-0.05, 0) is 42.8 Å². The van der Waals surface area contributed by atoms with Gasteiger partial charge in [0.05, 0.1) is 11.6 Å². The third-order valence-electron chi connectivity index (χ3n) is 3.58.